The van der Waals surface area contributed by atoms with Gasteiger partial charge in [0, 0.05) is 23.2 Å². The van der Waals surface area contributed by atoms with Crippen molar-refractivity contribution >= 4 is 17.5 Å². The van der Waals surface area contributed by atoms with E-state index in [9.17, 15) is 9.59 Å². The van der Waals surface area contributed by atoms with Crippen LogP contribution in [0.15, 0.2) is 54.6 Å². The number of rotatable bonds is 7. The summed E-state index contributed by atoms with van der Waals surface area (Å²) in [6.45, 7) is 5.71. The van der Waals surface area contributed by atoms with Gasteiger partial charge in [0.05, 0.1) is 6.54 Å². The molecule has 5 heteroatoms. The van der Waals surface area contributed by atoms with Crippen LogP contribution in [-0.4, -0.2) is 36.9 Å². The number of hydrogen-bond donors (Lipinski definition) is 2. The first-order valence-electron chi connectivity index (χ1n) is 9.17. The molecule has 27 heavy (non-hydrogen) atoms. The number of nitrogens with one attached hydrogen (secondary N) is 1. The van der Waals surface area contributed by atoms with Crippen LogP contribution in [0, 0.1) is 5.41 Å². The standard InChI is InChI=1S/C22H27N3O2/c1-21(2)14-22(21,17-7-5-4-6-8-17)15-25(3)13-19(26)24-18-11-9-16(10-12-18)20(23)27/h4-12H,13-15H2,1-3H3,(H2,23,27)(H,24,26)/t22-/m0/s1. The van der Waals surface area contributed by atoms with E-state index in [-0.39, 0.29) is 16.7 Å². The van der Waals surface area contributed by atoms with E-state index in [0.29, 0.717) is 17.8 Å². The Balaban J connectivity index is 1.60. The summed E-state index contributed by atoms with van der Waals surface area (Å²) >= 11 is 0. The fourth-order valence-corrected chi connectivity index (χ4v) is 4.00. The van der Waals surface area contributed by atoms with E-state index in [4.69, 9.17) is 5.73 Å². The molecular weight excluding hydrogens is 338 g/mol. The molecule has 0 bridgehead atoms. The average Bonchev–Trinajstić information content (AvgIpc) is 3.17. The first-order valence-corrected chi connectivity index (χ1v) is 9.17. The van der Waals surface area contributed by atoms with Gasteiger partial charge in [-0.1, -0.05) is 44.2 Å². The molecule has 3 N–H and O–H groups in total. The SMILES string of the molecule is CN(CC(=O)Nc1ccc(C(N)=O)cc1)C[C@]1(c2ccccc2)CC1(C)C. The largest absolute Gasteiger partial charge is 0.366 e. The molecule has 2 aromatic rings. The van der Waals surface area contributed by atoms with Crippen LogP contribution in [0.4, 0.5) is 5.69 Å². The van der Waals surface area contributed by atoms with Crippen molar-refractivity contribution in [2.75, 3.05) is 25.5 Å². The molecule has 142 valence electrons. The number of anilines is 1. The molecular formula is C22H27N3O2. The van der Waals surface area contributed by atoms with Crippen molar-refractivity contribution in [3.8, 4) is 0 Å². The number of amides is 2. The van der Waals surface area contributed by atoms with Crippen molar-refractivity contribution in [2.24, 2.45) is 11.1 Å². The second-order valence-corrected chi connectivity index (χ2v) is 8.17. The van der Waals surface area contributed by atoms with Gasteiger partial charge < -0.3 is 11.1 Å². The highest BCUT2D eigenvalue weighted by Crippen LogP contribution is 2.64. The van der Waals surface area contributed by atoms with Crippen molar-refractivity contribution in [1.29, 1.82) is 0 Å². The molecule has 0 unspecified atom stereocenters. The Kier molecular flexibility index (Phi) is 5.07. The van der Waals surface area contributed by atoms with Gasteiger partial charge in [-0.25, -0.2) is 0 Å². The number of carbonyl (C=O) groups excluding carboxylic acids is 2. The number of carbonyl (C=O) groups is 2. The molecule has 0 radical (unpaired) electrons. The third-order valence-corrected chi connectivity index (χ3v) is 5.65. The summed E-state index contributed by atoms with van der Waals surface area (Å²) in [5.74, 6) is -0.558. The molecule has 1 fully saturated rings. The first-order chi connectivity index (χ1) is 12.7. The van der Waals surface area contributed by atoms with Crippen LogP contribution in [0.2, 0.25) is 0 Å². The number of nitrogens with zero attached hydrogens (tertiary/aromatic N) is 1. The zero-order valence-corrected chi connectivity index (χ0v) is 16.2. The Hall–Kier alpha value is -2.66. The van der Waals surface area contributed by atoms with Crippen molar-refractivity contribution in [2.45, 2.75) is 25.7 Å². The third kappa shape index (κ3) is 4.03. The van der Waals surface area contributed by atoms with E-state index in [2.05, 4.69) is 48.3 Å². The van der Waals surface area contributed by atoms with Gasteiger partial charge in [-0.2, -0.15) is 0 Å². The molecule has 5 nitrogen and oxygen atoms in total. The number of hydrogen-bond acceptors (Lipinski definition) is 3. The molecule has 2 aromatic carbocycles. The first kappa shape index (κ1) is 19.1. The van der Waals surface area contributed by atoms with Crippen molar-refractivity contribution in [3.63, 3.8) is 0 Å². The molecule has 1 aliphatic rings. The van der Waals surface area contributed by atoms with Gasteiger partial charge in [-0.15, -0.1) is 0 Å². The minimum absolute atomic E-state index is 0.0778. The van der Waals surface area contributed by atoms with E-state index < -0.39 is 5.91 Å². The van der Waals surface area contributed by atoms with Crippen LogP contribution in [0.5, 0.6) is 0 Å². The van der Waals surface area contributed by atoms with Gasteiger partial charge >= 0.3 is 0 Å². The highest BCUT2D eigenvalue weighted by atomic mass is 16.2. The molecule has 1 aliphatic carbocycles. The maximum absolute atomic E-state index is 12.4. The Morgan fingerprint density at radius 3 is 2.19 bits per heavy atom. The fourth-order valence-electron chi connectivity index (χ4n) is 4.00. The highest BCUT2D eigenvalue weighted by Gasteiger charge is 2.61. The summed E-state index contributed by atoms with van der Waals surface area (Å²) in [5, 5.41) is 2.87. The summed E-state index contributed by atoms with van der Waals surface area (Å²) < 4.78 is 0. The van der Waals surface area contributed by atoms with Crippen LogP contribution in [0.25, 0.3) is 0 Å². The molecule has 0 saturated heterocycles. The van der Waals surface area contributed by atoms with Gasteiger partial charge in [-0.05, 0) is 48.7 Å². The van der Waals surface area contributed by atoms with Crippen LogP contribution >= 0.6 is 0 Å². The topological polar surface area (TPSA) is 75.4 Å². The van der Waals surface area contributed by atoms with E-state index >= 15 is 0 Å². The lowest BCUT2D eigenvalue weighted by atomic mass is 9.87. The molecule has 1 atom stereocenters. The van der Waals surface area contributed by atoms with E-state index in [1.165, 1.54) is 5.56 Å². The lowest BCUT2D eigenvalue weighted by Gasteiger charge is -2.27. The molecule has 2 amide bonds. The molecule has 0 aromatic heterocycles. The predicted octanol–water partition coefficient (Wildman–Crippen LogP) is 3.02. The monoisotopic (exact) mass is 365 g/mol. The zero-order chi connectivity index (χ0) is 19.7. The lowest BCUT2D eigenvalue weighted by Crippen LogP contribution is -2.37. The Bertz CT molecular complexity index is 830. The minimum atomic E-state index is -0.481. The van der Waals surface area contributed by atoms with Gasteiger partial charge in [0.15, 0.2) is 0 Å². The van der Waals surface area contributed by atoms with E-state index in [1.54, 1.807) is 24.3 Å². The Morgan fingerprint density at radius 1 is 1.07 bits per heavy atom. The number of nitrogens with two attached hydrogens (primary N) is 1. The highest BCUT2D eigenvalue weighted by molar-refractivity contribution is 5.95. The maximum Gasteiger partial charge on any atom is 0.248 e. The van der Waals surface area contributed by atoms with Gasteiger partial charge in [0.1, 0.15) is 0 Å². The number of primary amides is 1. The third-order valence-electron chi connectivity index (χ3n) is 5.65. The van der Waals surface area contributed by atoms with Crippen LogP contribution in [0.1, 0.15) is 36.2 Å². The predicted molar refractivity (Wildman–Crippen MR) is 108 cm³/mol. The maximum atomic E-state index is 12.4. The van der Waals surface area contributed by atoms with E-state index in [1.807, 2.05) is 13.1 Å². The molecule has 0 spiro atoms. The zero-order valence-electron chi connectivity index (χ0n) is 16.2. The second-order valence-electron chi connectivity index (χ2n) is 8.17. The van der Waals surface area contributed by atoms with Gasteiger partial charge in [0.2, 0.25) is 11.8 Å². The normalized spacial score (nSPS) is 20.3. The molecule has 0 heterocycles. The summed E-state index contributed by atoms with van der Waals surface area (Å²) in [5.41, 5.74) is 7.96. The Labute approximate surface area is 160 Å². The van der Waals surface area contributed by atoms with Crippen LogP contribution in [-0.2, 0) is 10.2 Å². The smallest absolute Gasteiger partial charge is 0.248 e. The fraction of sp³-hybridized carbons (Fsp3) is 0.364. The quantitative estimate of drug-likeness (QED) is 0.792. The number of likely N-dealkylation sites (N-methyl/N-ethyl adjacent to an activating group) is 1. The van der Waals surface area contributed by atoms with Crippen molar-refractivity contribution in [1.82, 2.24) is 4.90 Å². The van der Waals surface area contributed by atoms with Crippen LogP contribution in [0.3, 0.4) is 0 Å². The van der Waals surface area contributed by atoms with Crippen LogP contribution < -0.4 is 11.1 Å². The minimum Gasteiger partial charge on any atom is -0.366 e. The molecule has 0 aliphatic heterocycles. The van der Waals surface area contributed by atoms with Crippen molar-refractivity contribution in [3.05, 3.63) is 65.7 Å². The summed E-state index contributed by atoms with van der Waals surface area (Å²) in [6.07, 6.45) is 1.12. The Morgan fingerprint density at radius 2 is 1.67 bits per heavy atom. The van der Waals surface area contributed by atoms with Gasteiger partial charge in [0.25, 0.3) is 0 Å². The molecule has 3 rings (SSSR count). The summed E-state index contributed by atoms with van der Waals surface area (Å²) in [4.78, 5) is 25.6. The summed E-state index contributed by atoms with van der Waals surface area (Å²) in [7, 11) is 1.98. The summed E-state index contributed by atoms with van der Waals surface area (Å²) in [6, 6.07) is 17.2. The van der Waals surface area contributed by atoms with E-state index in [0.717, 1.165) is 13.0 Å². The average molecular weight is 365 g/mol. The molecule has 1 saturated carbocycles. The lowest BCUT2D eigenvalue weighted by molar-refractivity contribution is -0.117. The van der Waals surface area contributed by atoms with Gasteiger partial charge in [-0.3, -0.25) is 14.5 Å². The second kappa shape index (κ2) is 7.16. The number of benzene rings is 2. The van der Waals surface area contributed by atoms with Crippen molar-refractivity contribution < 1.29 is 9.59 Å².